The minimum Gasteiger partial charge on any atom is -0.491 e. The van der Waals surface area contributed by atoms with Crippen LogP contribution in [0.15, 0.2) is 58.5 Å². The van der Waals surface area contributed by atoms with E-state index in [2.05, 4.69) is 0 Å². The molecule has 33 heavy (non-hydrogen) atoms. The van der Waals surface area contributed by atoms with Gasteiger partial charge in [0.1, 0.15) is 24.7 Å². The zero-order chi connectivity index (χ0) is 23.2. The molecule has 9 heteroatoms. The molecule has 0 radical (unpaired) electrons. The highest BCUT2D eigenvalue weighted by Gasteiger charge is 2.34. The van der Waals surface area contributed by atoms with E-state index in [0.717, 1.165) is 12.0 Å². The smallest absolute Gasteiger partial charge is 0.290 e. The van der Waals surface area contributed by atoms with Crippen LogP contribution in [-0.4, -0.2) is 61.6 Å². The lowest BCUT2D eigenvalue weighted by molar-refractivity contribution is -0.135. The van der Waals surface area contributed by atoms with Crippen molar-refractivity contribution in [1.29, 1.82) is 0 Å². The first-order valence-electron chi connectivity index (χ1n) is 10.6. The number of thiophene rings is 1. The number of benzene rings is 1. The monoisotopic (exact) mass is 472 g/mol. The number of fused-ring (bicyclic) bond motifs is 1. The maximum Gasteiger partial charge on any atom is 0.290 e. The van der Waals surface area contributed by atoms with Crippen molar-refractivity contribution >= 4 is 23.2 Å². The van der Waals surface area contributed by atoms with Crippen LogP contribution in [0, 0.1) is 5.82 Å². The van der Waals surface area contributed by atoms with Crippen LogP contribution in [0.2, 0.25) is 0 Å². The third-order valence-electron chi connectivity index (χ3n) is 5.55. The van der Waals surface area contributed by atoms with Gasteiger partial charge in [-0.25, -0.2) is 4.39 Å². The first-order chi connectivity index (χ1) is 16.1. The third kappa shape index (κ3) is 5.43. The van der Waals surface area contributed by atoms with E-state index < -0.39 is 0 Å². The van der Waals surface area contributed by atoms with E-state index in [1.165, 1.54) is 28.2 Å². The van der Waals surface area contributed by atoms with Crippen LogP contribution >= 0.6 is 11.3 Å². The SMILES string of the molecule is COCCN(CC(=O)N1CCc2sccc2C1COc1ccc(F)cc1)C(=O)c1ccco1. The lowest BCUT2D eigenvalue weighted by Gasteiger charge is -2.37. The highest BCUT2D eigenvalue weighted by atomic mass is 32.1. The Bertz CT molecular complexity index is 1070. The Morgan fingerprint density at radius 2 is 2.06 bits per heavy atom. The molecule has 3 aromatic rings. The number of ether oxygens (including phenoxy) is 2. The fourth-order valence-corrected chi connectivity index (χ4v) is 4.77. The maximum absolute atomic E-state index is 13.4. The number of amides is 2. The van der Waals surface area contributed by atoms with Crippen molar-refractivity contribution in [3.05, 3.63) is 76.1 Å². The van der Waals surface area contributed by atoms with Crippen molar-refractivity contribution in [2.45, 2.75) is 12.5 Å². The van der Waals surface area contributed by atoms with Gasteiger partial charge in [0.15, 0.2) is 5.76 Å². The van der Waals surface area contributed by atoms with Gasteiger partial charge in [0.25, 0.3) is 5.91 Å². The van der Waals surface area contributed by atoms with Crippen LogP contribution in [0.25, 0.3) is 0 Å². The predicted octanol–water partition coefficient (Wildman–Crippen LogP) is 3.77. The molecular weight excluding hydrogens is 447 g/mol. The highest BCUT2D eigenvalue weighted by Crippen LogP contribution is 2.34. The molecule has 0 aliphatic carbocycles. The van der Waals surface area contributed by atoms with Gasteiger partial charge in [-0.3, -0.25) is 9.59 Å². The van der Waals surface area contributed by atoms with Crippen LogP contribution in [-0.2, 0) is 16.0 Å². The van der Waals surface area contributed by atoms with Crippen molar-refractivity contribution in [2.24, 2.45) is 0 Å². The minimum absolute atomic E-state index is 0.102. The maximum atomic E-state index is 13.4. The second-order valence-corrected chi connectivity index (χ2v) is 8.61. The summed E-state index contributed by atoms with van der Waals surface area (Å²) in [6.45, 7) is 1.21. The summed E-state index contributed by atoms with van der Waals surface area (Å²) in [6, 6.07) is 10.7. The molecule has 0 saturated carbocycles. The molecule has 0 saturated heterocycles. The summed E-state index contributed by atoms with van der Waals surface area (Å²) >= 11 is 1.66. The first-order valence-corrected chi connectivity index (χ1v) is 11.5. The summed E-state index contributed by atoms with van der Waals surface area (Å²) in [4.78, 5) is 30.7. The van der Waals surface area contributed by atoms with E-state index in [1.807, 2.05) is 11.4 Å². The lowest BCUT2D eigenvalue weighted by atomic mass is 10.0. The number of carbonyl (C=O) groups excluding carboxylic acids is 2. The topological polar surface area (TPSA) is 72.2 Å². The summed E-state index contributed by atoms with van der Waals surface area (Å²) in [5.74, 6) is -0.183. The van der Waals surface area contributed by atoms with Crippen molar-refractivity contribution < 1.29 is 27.9 Å². The summed E-state index contributed by atoms with van der Waals surface area (Å²) in [6.07, 6.45) is 2.17. The van der Waals surface area contributed by atoms with Gasteiger partial charge < -0.3 is 23.7 Å². The molecule has 1 aliphatic rings. The molecule has 0 bridgehead atoms. The second kappa shape index (κ2) is 10.6. The molecule has 0 fully saturated rings. The van der Waals surface area contributed by atoms with Gasteiger partial charge >= 0.3 is 0 Å². The molecule has 1 atom stereocenters. The van der Waals surface area contributed by atoms with E-state index >= 15 is 0 Å². The van der Waals surface area contributed by atoms with E-state index in [9.17, 15) is 14.0 Å². The number of halogens is 1. The zero-order valence-corrected chi connectivity index (χ0v) is 19.1. The average molecular weight is 473 g/mol. The first kappa shape index (κ1) is 23.0. The van der Waals surface area contributed by atoms with E-state index in [1.54, 1.807) is 47.6 Å². The number of furan rings is 1. The molecule has 1 aromatic carbocycles. The predicted molar refractivity (Wildman–Crippen MR) is 121 cm³/mol. The highest BCUT2D eigenvalue weighted by molar-refractivity contribution is 7.10. The third-order valence-corrected chi connectivity index (χ3v) is 6.54. The number of nitrogens with zero attached hydrogens (tertiary/aromatic N) is 2. The molecule has 0 spiro atoms. The van der Waals surface area contributed by atoms with Crippen LogP contribution in [0.1, 0.15) is 27.0 Å². The van der Waals surface area contributed by atoms with Gasteiger partial charge in [0.2, 0.25) is 5.91 Å². The van der Waals surface area contributed by atoms with E-state index in [4.69, 9.17) is 13.9 Å². The molecular formula is C24H25FN2O5S. The quantitative estimate of drug-likeness (QED) is 0.474. The number of hydrogen-bond acceptors (Lipinski definition) is 6. The van der Waals surface area contributed by atoms with Crippen LogP contribution < -0.4 is 4.74 Å². The molecule has 1 unspecified atom stereocenters. The molecule has 174 valence electrons. The van der Waals surface area contributed by atoms with Crippen molar-refractivity contribution in [2.75, 3.05) is 40.0 Å². The van der Waals surface area contributed by atoms with Gasteiger partial charge in [0, 0.05) is 25.1 Å². The molecule has 3 heterocycles. The van der Waals surface area contributed by atoms with E-state index in [-0.39, 0.29) is 49.1 Å². The standard InChI is InChI=1S/C24H25FN2O5S/c1-30-13-11-26(24(29)21-3-2-12-31-21)15-23(28)27-10-8-22-19(9-14-33-22)20(27)16-32-18-6-4-17(25)5-7-18/h2-7,9,12,14,20H,8,10-11,13,15-16H2,1H3. The zero-order valence-electron chi connectivity index (χ0n) is 18.2. The van der Waals surface area contributed by atoms with Crippen LogP contribution in [0.3, 0.4) is 0 Å². The molecule has 1 aliphatic heterocycles. The van der Waals surface area contributed by atoms with Crippen LogP contribution in [0.4, 0.5) is 4.39 Å². The Balaban J connectivity index is 1.50. The van der Waals surface area contributed by atoms with Gasteiger partial charge in [0.05, 0.1) is 18.9 Å². The van der Waals surface area contributed by atoms with Gasteiger partial charge in [-0.15, -0.1) is 11.3 Å². The largest absolute Gasteiger partial charge is 0.491 e. The Morgan fingerprint density at radius 3 is 2.79 bits per heavy atom. The summed E-state index contributed by atoms with van der Waals surface area (Å²) in [7, 11) is 1.54. The fourth-order valence-electron chi connectivity index (χ4n) is 3.84. The Kier molecular flexibility index (Phi) is 7.41. The van der Waals surface area contributed by atoms with Gasteiger partial charge in [-0.1, -0.05) is 0 Å². The molecule has 0 N–H and O–H groups in total. The fraction of sp³-hybridized carbons (Fsp3) is 0.333. The average Bonchev–Trinajstić information content (AvgIpc) is 3.53. The van der Waals surface area contributed by atoms with E-state index in [0.29, 0.717) is 18.9 Å². The summed E-state index contributed by atoms with van der Waals surface area (Å²) in [5.41, 5.74) is 1.04. The summed E-state index contributed by atoms with van der Waals surface area (Å²) < 4.78 is 29.5. The molecule has 2 aromatic heterocycles. The molecule has 2 amide bonds. The lowest BCUT2D eigenvalue weighted by Crippen LogP contribution is -2.48. The van der Waals surface area contributed by atoms with Gasteiger partial charge in [-0.05, 0) is 59.8 Å². The second-order valence-electron chi connectivity index (χ2n) is 7.61. The van der Waals surface area contributed by atoms with Crippen molar-refractivity contribution in [3.8, 4) is 5.75 Å². The van der Waals surface area contributed by atoms with Crippen molar-refractivity contribution in [3.63, 3.8) is 0 Å². The normalized spacial score (nSPS) is 15.2. The Morgan fingerprint density at radius 1 is 1.24 bits per heavy atom. The number of carbonyl (C=O) groups is 2. The Hall–Kier alpha value is -3.17. The number of hydrogen-bond donors (Lipinski definition) is 0. The number of methoxy groups -OCH3 is 1. The minimum atomic E-state index is -0.363. The van der Waals surface area contributed by atoms with Gasteiger partial charge in [-0.2, -0.15) is 0 Å². The Labute approximate surface area is 195 Å². The molecule has 4 rings (SSSR count). The van der Waals surface area contributed by atoms with Crippen LogP contribution in [0.5, 0.6) is 5.75 Å². The summed E-state index contributed by atoms with van der Waals surface area (Å²) in [5, 5.41) is 2.01. The number of rotatable bonds is 9. The molecule has 7 nitrogen and oxygen atoms in total. The van der Waals surface area contributed by atoms with Crippen molar-refractivity contribution in [1.82, 2.24) is 9.80 Å².